The number of pyridine rings is 1. The lowest BCUT2D eigenvalue weighted by molar-refractivity contribution is -0.0402. The first kappa shape index (κ1) is 33.7. The molecule has 0 unspecified atom stereocenters. The predicted octanol–water partition coefficient (Wildman–Crippen LogP) is 5.64. The average Bonchev–Trinajstić information content (AvgIpc) is 3.05. The van der Waals surface area contributed by atoms with Crippen LogP contribution in [0.3, 0.4) is 0 Å². The number of benzene rings is 1. The van der Waals surface area contributed by atoms with Gasteiger partial charge in [0.1, 0.15) is 29.3 Å². The van der Waals surface area contributed by atoms with Gasteiger partial charge in [-0.2, -0.15) is 0 Å². The second-order valence-corrected chi connectivity index (χ2v) is 13.7. The van der Waals surface area contributed by atoms with E-state index in [4.69, 9.17) is 4.74 Å². The molecule has 9 nitrogen and oxygen atoms in total. The summed E-state index contributed by atoms with van der Waals surface area (Å²) in [5, 5.41) is 3.88. The maximum absolute atomic E-state index is 16.0. The molecule has 0 radical (unpaired) electrons. The summed E-state index contributed by atoms with van der Waals surface area (Å²) in [6, 6.07) is 5.81. The molecule has 1 atom stereocenters. The summed E-state index contributed by atoms with van der Waals surface area (Å²) in [7, 11) is 0. The van der Waals surface area contributed by atoms with Crippen molar-refractivity contribution in [3.63, 3.8) is 0 Å². The smallest absolute Gasteiger partial charge is 0.276 e. The van der Waals surface area contributed by atoms with Gasteiger partial charge in [-0.05, 0) is 78.1 Å². The quantitative estimate of drug-likeness (QED) is 0.381. The molecule has 1 aromatic carbocycles. The number of hydrogen-bond acceptors (Lipinski definition) is 8. The lowest BCUT2D eigenvalue weighted by atomic mass is 9.87. The summed E-state index contributed by atoms with van der Waals surface area (Å²) in [5.74, 6) is -3.93. The molecule has 4 aliphatic heterocycles. The van der Waals surface area contributed by atoms with Crippen molar-refractivity contribution in [3.8, 4) is 0 Å². The second kappa shape index (κ2) is 14.5. The van der Waals surface area contributed by atoms with Crippen LogP contribution in [0.15, 0.2) is 35.4 Å². The van der Waals surface area contributed by atoms with E-state index in [-0.39, 0.29) is 23.5 Å². The van der Waals surface area contributed by atoms with Gasteiger partial charge in [0, 0.05) is 50.8 Å². The molecular formula is C35H48F3N7O2. The van der Waals surface area contributed by atoms with Crippen LogP contribution in [-0.4, -0.2) is 89.4 Å². The standard InChI is InChI=1S/C35H48F3N7O2/c1-24(2)43-14-16-44(17-15-43)30-21-28-32-39-23-40-33(28)45(34(30)46)18-20-47-19-5-4-11-42-12-9-26(10-13-42)22-35(37,38)29-8-6-7-27(31(29)36)25(3)41-32/h6-8,21,23-26H,4-5,9-20,22H2,1-3H3,(H,39,40,41)/t25-/m1/s1. The minimum Gasteiger partial charge on any atom is -0.380 e. The zero-order chi connectivity index (χ0) is 33.1. The van der Waals surface area contributed by atoms with Gasteiger partial charge in [0.05, 0.1) is 30.1 Å². The van der Waals surface area contributed by atoms with Crippen LogP contribution in [-0.2, 0) is 17.2 Å². The number of rotatable bonds is 2. The van der Waals surface area contributed by atoms with Gasteiger partial charge in [0.2, 0.25) is 0 Å². The maximum atomic E-state index is 16.0. The molecule has 0 aliphatic carbocycles. The number of nitrogens with one attached hydrogen (secondary N) is 1. The number of piperidine rings is 1. The monoisotopic (exact) mass is 655 g/mol. The Morgan fingerprint density at radius 2 is 1.74 bits per heavy atom. The fourth-order valence-corrected chi connectivity index (χ4v) is 7.33. The first-order valence-corrected chi connectivity index (χ1v) is 17.2. The first-order chi connectivity index (χ1) is 22.6. The summed E-state index contributed by atoms with van der Waals surface area (Å²) >= 11 is 0. The van der Waals surface area contributed by atoms with Crippen molar-refractivity contribution in [2.24, 2.45) is 5.92 Å². The number of halogens is 3. The molecule has 2 fully saturated rings. The number of anilines is 2. The molecule has 0 amide bonds. The average molecular weight is 656 g/mol. The highest BCUT2D eigenvalue weighted by Crippen LogP contribution is 2.41. The number of fused-ring (bicyclic) bond motifs is 10. The van der Waals surface area contributed by atoms with Crippen molar-refractivity contribution in [2.45, 2.75) is 77.4 Å². The molecule has 0 saturated carbocycles. The highest BCUT2D eigenvalue weighted by molar-refractivity contribution is 5.89. The third kappa shape index (κ3) is 7.44. The molecule has 12 heteroatoms. The summed E-state index contributed by atoms with van der Waals surface area (Å²) in [5.41, 5.74) is 0.433. The van der Waals surface area contributed by atoms with E-state index in [0.717, 1.165) is 45.6 Å². The van der Waals surface area contributed by atoms with E-state index in [1.54, 1.807) is 17.6 Å². The minimum absolute atomic E-state index is 0.137. The Balaban J connectivity index is 1.37. The zero-order valence-corrected chi connectivity index (χ0v) is 27.9. The van der Waals surface area contributed by atoms with Gasteiger partial charge in [-0.15, -0.1) is 0 Å². The van der Waals surface area contributed by atoms with Gasteiger partial charge >= 0.3 is 0 Å². The Morgan fingerprint density at radius 3 is 2.49 bits per heavy atom. The van der Waals surface area contributed by atoms with Crippen molar-refractivity contribution in [2.75, 3.05) is 69.2 Å². The Kier molecular flexibility index (Phi) is 10.4. The zero-order valence-electron chi connectivity index (χ0n) is 27.9. The molecular weight excluding hydrogens is 607 g/mol. The predicted molar refractivity (Wildman–Crippen MR) is 179 cm³/mol. The van der Waals surface area contributed by atoms with Gasteiger partial charge < -0.3 is 19.9 Å². The van der Waals surface area contributed by atoms with Crippen LogP contribution < -0.4 is 15.8 Å². The number of piperazine rings is 1. The molecule has 1 N–H and O–H groups in total. The first-order valence-electron chi connectivity index (χ1n) is 17.2. The Morgan fingerprint density at radius 1 is 0.979 bits per heavy atom. The Labute approximate surface area is 275 Å². The largest absolute Gasteiger partial charge is 0.380 e. The van der Waals surface area contributed by atoms with Crippen LogP contribution in [0.2, 0.25) is 0 Å². The van der Waals surface area contributed by atoms with Gasteiger partial charge in [-0.1, -0.05) is 18.2 Å². The molecule has 2 saturated heterocycles. The SMILES string of the molecule is CC(C)N1CCN(c2cc3c4ncnc3n(c2=O)CCOCCCCN2CCC(CC2)CC(F)(F)c2cccc(c2F)[C@@H](C)N4)CC1. The van der Waals surface area contributed by atoms with Gasteiger partial charge in [-0.3, -0.25) is 14.3 Å². The summed E-state index contributed by atoms with van der Waals surface area (Å²) in [6.07, 6.45) is 4.18. The normalized spacial score (nSPS) is 25.0. The van der Waals surface area contributed by atoms with Crippen molar-refractivity contribution >= 4 is 22.5 Å². The maximum Gasteiger partial charge on any atom is 0.276 e. The van der Waals surface area contributed by atoms with Crippen molar-refractivity contribution < 1.29 is 17.9 Å². The van der Waals surface area contributed by atoms with Crippen LogP contribution >= 0.6 is 0 Å². The summed E-state index contributed by atoms with van der Waals surface area (Å²) in [4.78, 5) is 29.8. The molecule has 0 spiro atoms. The number of hydrogen-bond donors (Lipinski definition) is 1. The molecule has 2 aromatic heterocycles. The van der Waals surface area contributed by atoms with Gasteiger partial charge in [-0.25, -0.2) is 23.1 Å². The lowest BCUT2D eigenvalue weighted by Gasteiger charge is -2.38. The van der Waals surface area contributed by atoms with E-state index in [2.05, 4.69) is 43.8 Å². The molecule has 6 heterocycles. The number of nitrogens with zero attached hydrogens (tertiary/aromatic N) is 6. The topological polar surface area (TPSA) is 78.8 Å². The number of ether oxygens (including phenoxy) is 1. The molecule has 256 valence electrons. The van der Waals surface area contributed by atoms with E-state index in [9.17, 15) is 4.79 Å². The van der Waals surface area contributed by atoms with E-state index >= 15 is 13.2 Å². The highest BCUT2D eigenvalue weighted by atomic mass is 19.3. The third-order valence-corrected chi connectivity index (χ3v) is 10.2. The van der Waals surface area contributed by atoms with Gasteiger partial charge in [0.15, 0.2) is 0 Å². The van der Waals surface area contributed by atoms with Crippen LogP contribution in [0, 0.1) is 11.7 Å². The fourth-order valence-electron chi connectivity index (χ4n) is 7.33. The summed E-state index contributed by atoms with van der Waals surface area (Å²) < 4.78 is 55.0. The van der Waals surface area contributed by atoms with E-state index in [1.165, 1.54) is 18.5 Å². The van der Waals surface area contributed by atoms with E-state index < -0.39 is 23.3 Å². The highest BCUT2D eigenvalue weighted by Gasteiger charge is 2.39. The number of aromatic nitrogens is 3. The Hall–Kier alpha value is -3.22. The third-order valence-electron chi connectivity index (χ3n) is 10.2. The van der Waals surface area contributed by atoms with Crippen LogP contribution in [0.1, 0.15) is 70.0 Å². The second-order valence-electron chi connectivity index (χ2n) is 13.7. The van der Waals surface area contributed by atoms with Crippen molar-refractivity contribution in [1.29, 1.82) is 0 Å². The molecule has 8 bridgehead atoms. The number of alkyl halides is 2. The van der Waals surface area contributed by atoms with E-state index in [1.807, 2.05) is 6.07 Å². The lowest BCUT2D eigenvalue weighted by Crippen LogP contribution is -2.50. The van der Waals surface area contributed by atoms with Crippen molar-refractivity contribution in [3.05, 3.63) is 57.9 Å². The van der Waals surface area contributed by atoms with Crippen LogP contribution in [0.4, 0.5) is 24.7 Å². The van der Waals surface area contributed by atoms with Crippen LogP contribution in [0.5, 0.6) is 0 Å². The van der Waals surface area contributed by atoms with Crippen molar-refractivity contribution in [1.82, 2.24) is 24.3 Å². The molecule has 47 heavy (non-hydrogen) atoms. The molecule has 7 rings (SSSR count). The van der Waals surface area contributed by atoms with Crippen LogP contribution in [0.25, 0.3) is 11.0 Å². The molecule has 4 aliphatic rings. The Bertz CT molecular complexity index is 1580. The van der Waals surface area contributed by atoms with E-state index in [0.29, 0.717) is 74.3 Å². The van der Waals surface area contributed by atoms with Gasteiger partial charge in [0.25, 0.3) is 11.5 Å². The summed E-state index contributed by atoms with van der Waals surface area (Å²) in [6.45, 7) is 12.8. The molecule has 3 aromatic rings. The fraction of sp³-hybridized carbons (Fsp3) is 0.629. The minimum atomic E-state index is -3.28.